The molecule has 3 atom stereocenters. The summed E-state index contributed by atoms with van der Waals surface area (Å²) in [4.78, 5) is 0. The van der Waals surface area contributed by atoms with E-state index in [1.807, 2.05) is 0 Å². The molecule has 4 heteroatoms. The molecule has 1 aromatic carbocycles. The van der Waals surface area contributed by atoms with Crippen molar-refractivity contribution in [2.75, 3.05) is 0 Å². The van der Waals surface area contributed by atoms with E-state index in [1.165, 1.54) is 31.4 Å². The fraction of sp³-hybridized carbons (Fsp3) is 0.625. The van der Waals surface area contributed by atoms with Crippen molar-refractivity contribution in [1.29, 1.82) is 0 Å². The quantitative estimate of drug-likeness (QED) is 0.838. The van der Waals surface area contributed by atoms with Gasteiger partial charge in [0, 0.05) is 6.04 Å². The summed E-state index contributed by atoms with van der Waals surface area (Å²) in [6.07, 6.45) is 1.51. The van der Waals surface area contributed by atoms with E-state index in [0.29, 0.717) is 11.8 Å². The van der Waals surface area contributed by atoms with E-state index in [4.69, 9.17) is 5.73 Å². The molecule has 112 valence electrons. The first-order chi connectivity index (χ1) is 9.43. The molecule has 1 aliphatic carbocycles. The molecule has 1 fully saturated rings. The SMILES string of the molecule is CCC1CCCCC1C(N)c1ccc(C(F)(F)F)cc1. The van der Waals surface area contributed by atoms with Gasteiger partial charge in [-0.2, -0.15) is 13.2 Å². The standard InChI is InChI=1S/C16H22F3N/c1-2-11-5-3-4-6-14(11)15(20)12-7-9-13(10-8-12)16(17,18)19/h7-11,14-15H,2-6,20H2,1H3. The molecule has 2 rings (SSSR count). The smallest absolute Gasteiger partial charge is 0.324 e. The zero-order valence-electron chi connectivity index (χ0n) is 11.8. The van der Waals surface area contributed by atoms with Gasteiger partial charge in [-0.15, -0.1) is 0 Å². The van der Waals surface area contributed by atoms with Crippen LogP contribution in [0.5, 0.6) is 0 Å². The number of hydrogen-bond acceptors (Lipinski definition) is 1. The Morgan fingerprint density at radius 2 is 1.75 bits per heavy atom. The minimum Gasteiger partial charge on any atom is -0.324 e. The van der Waals surface area contributed by atoms with Crippen molar-refractivity contribution in [3.63, 3.8) is 0 Å². The Kier molecular flexibility index (Phi) is 4.74. The van der Waals surface area contributed by atoms with Crippen LogP contribution in [0.4, 0.5) is 13.2 Å². The monoisotopic (exact) mass is 285 g/mol. The molecule has 0 amide bonds. The van der Waals surface area contributed by atoms with Gasteiger partial charge in [-0.1, -0.05) is 44.7 Å². The van der Waals surface area contributed by atoms with Gasteiger partial charge in [0.15, 0.2) is 0 Å². The van der Waals surface area contributed by atoms with E-state index in [9.17, 15) is 13.2 Å². The minimum absolute atomic E-state index is 0.150. The number of hydrogen-bond donors (Lipinski definition) is 1. The Balaban J connectivity index is 2.14. The molecule has 0 saturated heterocycles. The summed E-state index contributed by atoms with van der Waals surface area (Å²) in [7, 11) is 0. The molecule has 0 radical (unpaired) electrons. The summed E-state index contributed by atoms with van der Waals surface area (Å²) in [5.74, 6) is 0.992. The third kappa shape index (κ3) is 3.35. The van der Waals surface area contributed by atoms with Crippen molar-refractivity contribution in [2.45, 2.75) is 51.2 Å². The van der Waals surface area contributed by atoms with Crippen LogP contribution in [0.2, 0.25) is 0 Å². The first-order valence-corrected chi connectivity index (χ1v) is 7.36. The largest absolute Gasteiger partial charge is 0.416 e. The molecule has 1 nitrogen and oxygen atoms in total. The number of benzene rings is 1. The number of rotatable bonds is 3. The van der Waals surface area contributed by atoms with Crippen LogP contribution in [0.3, 0.4) is 0 Å². The summed E-state index contributed by atoms with van der Waals surface area (Å²) < 4.78 is 37.7. The third-order valence-corrected chi connectivity index (χ3v) is 4.58. The Hall–Kier alpha value is -1.03. The second-order valence-corrected chi connectivity index (χ2v) is 5.76. The molecule has 0 heterocycles. The Morgan fingerprint density at radius 3 is 2.30 bits per heavy atom. The van der Waals surface area contributed by atoms with Crippen LogP contribution in [0.25, 0.3) is 0 Å². The molecule has 1 aliphatic rings. The van der Waals surface area contributed by atoms with E-state index >= 15 is 0 Å². The van der Waals surface area contributed by atoms with Crippen LogP contribution in [-0.2, 0) is 6.18 Å². The summed E-state index contributed by atoms with van der Waals surface area (Å²) in [5.41, 5.74) is 6.53. The molecular formula is C16H22F3N. The summed E-state index contributed by atoms with van der Waals surface area (Å²) >= 11 is 0. The maximum Gasteiger partial charge on any atom is 0.416 e. The average molecular weight is 285 g/mol. The molecule has 0 bridgehead atoms. The molecule has 0 spiro atoms. The second-order valence-electron chi connectivity index (χ2n) is 5.76. The van der Waals surface area contributed by atoms with Crippen LogP contribution in [0.15, 0.2) is 24.3 Å². The Bertz CT molecular complexity index is 424. The topological polar surface area (TPSA) is 26.0 Å². The molecule has 0 aliphatic heterocycles. The maximum atomic E-state index is 12.6. The predicted molar refractivity (Wildman–Crippen MR) is 74.1 cm³/mol. The van der Waals surface area contributed by atoms with Crippen molar-refractivity contribution < 1.29 is 13.2 Å². The first-order valence-electron chi connectivity index (χ1n) is 7.36. The molecule has 0 aromatic heterocycles. The molecular weight excluding hydrogens is 263 g/mol. The zero-order chi connectivity index (χ0) is 14.8. The van der Waals surface area contributed by atoms with Crippen LogP contribution < -0.4 is 5.73 Å². The number of alkyl halides is 3. The van der Waals surface area contributed by atoms with Gasteiger partial charge in [0.05, 0.1) is 5.56 Å². The lowest BCUT2D eigenvalue weighted by Crippen LogP contribution is -2.30. The highest BCUT2D eigenvalue weighted by Gasteiger charge is 2.32. The van der Waals surface area contributed by atoms with Gasteiger partial charge in [0.25, 0.3) is 0 Å². The molecule has 2 N–H and O–H groups in total. The van der Waals surface area contributed by atoms with Gasteiger partial charge in [-0.3, -0.25) is 0 Å². The highest BCUT2D eigenvalue weighted by molar-refractivity contribution is 5.27. The second kappa shape index (κ2) is 6.17. The van der Waals surface area contributed by atoms with Crippen LogP contribution >= 0.6 is 0 Å². The molecule has 1 aromatic rings. The van der Waals surface area contributed by atoms with Gasteiger partial charge in [0.1, 0.15) is 0 Å². The van der Waals surface area contributed by atoms with Gasteiger partial charge < -0.3 is 5.73 Å². The molecule has 20 heavy (non-hydrogen) atoms. The fourth-order valence-corrected chi connectivity index (χ4v) is 3.36. The van der Waals surface area contributed by atoms with E-state index in [2.05, 4.69) is 6.92 Å². The van der Waals surface area contributed by atoms with E-state index in [-0.39, 0.29) is 6.04 Å². The van der Waals surface area contributed by atoms with Crippen molar-refractivity contribution in [1.82, 2.24) is 0 Å². The first kappa shape index (κ1) is 15.4. The normalized spacial score (nSPS) is 25.4. The Labute approximate surface area is 118 Å². The number of nitrogens with two attached hydrogens (primary N) is 1. The van der Waals surface area contributed by atoms with E-state index < -0.39 is 11.7 Å². The lowest BCUT2D eigenvalue weighted by atomic mass is 9.72. The van der Waals surface area contributed by atoms with Gasteiger partial charge in [-0.25, -0.2) is 0 Å². The van der Waals surface area contributed by atoms with Gasteiger partial charge >= 0.3 is 6.18 Å². The van der Waals surface area contributed by atoms with E-state index in [1.54, 1.807) is 0 Å². The minimum atomic E-state index is -4.28. The number of halogens is 3. The van der Waals surface area contributed by atoms with Crippen molar-refractivity contribution in [2.24, 2.45) is 17.6 Å². The van der Waals surface area contributed by atoms with Crippen molar-refractivity contribution >= 4 is 0 Å². The molecule has 1 saturated carbocycles. The van der Waals surface area contributed by atoms with Crippen LogP contribution in [-0.4, -0.2) is 0 Å². The zero-order valence-corrected chi connectivity index (χ0v) is 11.8. The maximum absolute atomic E-state index is 12.6. The predicted octanol–water partition coefficient (Wildman–Crippen LogP) is 4.92. The summed E-state index contributed by atoms with van der Waals surface area (Å²) in [5, 5.41) is 0. The highest BCUT2D eigenvalue weighted by Crippen LogP contribution is 2.39. The van der Waals surface area contributed by atoms with Crippen LogP contribution in [0, 0.1) is 11.8 Å². The lowest BCUT2D eigenvalue weighted by molar-refractivity contribution is -0.137. The highest BCUT2D eigenvalue weighted by atomic mass is 19.4. The third-order valence-electron chi connectivity index (χ3n) is 4.58. The van der Waals surface area contributed by atoms with Crippen LogP contribution in [0.1, 0.15) is 56.2 Å². The lowest BCUT2D eigenvalue weighted by Gasteiger charge is -2.35. The van der Waals surface area contributed by atoms with Gasteiger partial charge in [0.2, 0.25) is 0 Å². The van der Waals surface area contributed by atoms with Gasteiger partial charge in [-0.05, 0) is 36.0 Å². The molecule has 3 unspecified atom stereocenters. The average Bonchev–Trinajstić information content (AvgIpc) is 2.45. The Morgan fingerprint density at radius 1 is 1.15 bits per heavy atom. The van der Waals surface area contributed by atoms with E-state index in [0.717, 1.165) is 30.5 Å². The van der Waals surface area contributed by atoms with Crippen molar-refractivity contribution in [3.05, 3.63) is 35.4 Å². The van der Waals surface area contributed by atoms with Crippen molar-refractivity contribution in [3.8, 4) is 0 Å². The summed E-state index contributed by atoms with van der Waals surface area (Å²) in [6, 6.07) is 5.20. The summed E-state index contributed by atoms with van der Waals surface area (Å²) in [6.45, 7) is 2.17. The fourth-order valence-electron chi connectivity index (χ4n) is 3.36.